The first-order valence-corrected chi connectivity index (χ1v) is 10.3. The van der Waals surface area contributed by atoms with E-state index in [2.05, 4.69) is 16.2 Å². The van der Waals surface area contributed by atoms with Gasteiger partial charge in [0.2, 0.25) is 5.91 Å². The highest BCUT2D eigenvalue weighted by Crippen LogP contribution is 2.22. The Morgan fingerprint density at radius 2 is 1.44 bits per heavy atom. The van der Waals surface area contributed by atoms with E-state index in [1.807, 2.05) is 42.5 Å². The summed E-state index contributed by atoms with van der Waals surface area (Å²) in [6.45, 7) is 3.35. The maximum absolute atomic E-state index is 12.3. The van der Waals surface area contributed by atoms with E-state index in [9.17, 15) is 14.4 Å². The number of ether oxygens (including phenoxy) is 1. The van der Waals surface area contributed by atoms with Gasteiger partial charge in [-0.1, -0.05) is 49.4 Å². The molecular weight excluding hydrogens is 406 g/mol. The standard InChI is InChI=1S/C25H25N3O4/c1-3-23(29)26-21-13-9-20(10-14-21)25(31)28-27-24(30)17(2)32-22-15-11-19(12-16-22)18-7-5-4-6-8-18/h4-17H,3H2,1-2H3,(H,26,29)(H,27,30)(H,28,31). The van der Waals surface area contributed by atoms with Gasteiger partial charge >= 0.3 is 0 Å². The molecule has 0 radical (unpaired) electrons. The summed E-state index contributed by atoms with van der Waals surface area (Å²) in [7, 11) is 0. The zero-order valence-corrected chi connectivity index (χ0v) is 17.9. The summed E-state index contributed by atoms with van der Waals surface area (Å²) in [5.74, 6) is -0.537. The number of anilines is 1. The molecule has 7 heteroatoms. The van der Waals surface area contributed by atoms with E-state index in [4.69, 9.17) is 4.74 Å². The molecule has 0 aliphatic rings. The van der Waals surface area contributed by atoms with Crippen molar-refractivity contribution in [2.45, 2.75) is 26.4 Å². The van der Waals surface area contributed by atoms with Crippen LogP contribution in [-0.4, -0.2) is 23.8 Å². The van der Waals surface area contributed by atoms with Crippen LogP contribution in [0.15, 0.2) is 78.9 Å². The second-order valence-corrected chi connectivity index (χ2v) is 7.07. The number of amides is 3. The number of hydrogen-bond donors (Lipinski definition) is 3. The summed E-state index contributed by atoms with van der Waals surface area (Å²) >= 11 is 0. The molecule has 0 spiro atoms. The smallest absolute Gasteiger partial charge is 0.279 e. The highest BCUT2D eigenvalue weighted by atomic mass is 16.5. The van der Waals surface area contributed by atoms with Crippen LogP contribution in [0.25, 0.3) is 11.1 Å². The summed E-state index contributed by atoms with van der Waals surface area (Å²) < 4.78 is 5.66. The molecule has 32 heavy (non-hydrogen) atoms. The molecule has 3 N–H and O–H groups in total. The van der Waals surface area contributed by atoms with E-state index < -0.39 is 17.9 Å². The number of hydrogen-bond acceptors (Lipinski definition) is 4. The fourth-order valence-corrected chi connectivity index (χ4v) is 2.86. The van der Waals surface area contributed by atoms with Crippen molar-refractivity contribution in [1.29, 1.82) is 0 Å². The van der Waals surface area contributed by atoms with E-state index >= 15 is 0 Å². The Bertz CT molecular complexity index is 1060. The molecule has 0 bridgehead atoms. The summed E-state index contributed by atoms with van der Waals surface area (Å²) in [6.07, 6.45) is -0.449. The topological polar surface area (TPSA) is 96.5 Å². The first kappa shape index (κ1) is 22.6. The maximum atomic E-state index is 12.3. The number of carbonyl (C=O) groups is 3. The third-order valence-electron chi connectivity index (χ3n) is 4.69. The Labute approximate surface area is 186 Å². The fraction of sp³-hybridized carbons (Fsp3) is 0.160. The van der Waals surface area contributed by atoms with Crippen LogP contribution in [0, 0.1) is 0 Å². The van der Waals surface area contributed by atoms with Crippen LogP contribution >= 0.6 is 0 Å². The number of hydrazine groups is 1. The molecule has 0 saturated heterocycles. The van der Waals surface area contributed by atoms with Crippen molar-refractivity contribution >= 4 is 23.4 Å². The van der Waals surface area contributed by atoms with Crippen LogP contribution in [0.1, 0.15) is 30.6 Å². The van der Waals surface area contributed by atoms with Crippen LogP contribution in [0.5, 0.6) is 5.75 Å². The molecule has 1 unspecified atom stereocenters. The highest BCUT2D eigenvalue weighted by molar-refractivity contribution is 5.97. The molecule has 0 aliphatic carbocycles. The Morgan fingerprint density at radius 1 is 0.812 bits per heavy atom. The molecule has 3 rings (SSSR count). The molecule has 0 fully saturated rings. The van der Waals surface area contributed by atoms with Gasteiger partial charge in [-0.05, 0) is 54.4 Å². The average Bonchev–Trinajstić information content (AvgIpc) is 2.83. The van der Waals surface area contributed by atoms with Crippen molar-refractivity contribution in [2.75, 3.05) is 5.32 Å². The van der Waals surface area contributed by atoms with Gasteiger partial charge in [0.1, 0.15) is 5.75 Å². The van der Waals surface area contributed by atoms with Gasteiger partial charge in [-0.3, -0.25) is 25.2 Å². The largest absolute Gasteiger partial charge is 0.481 e. The number of rotatable bonds is 7. The van der Waals surface area contributed by atoms with Crippen molar-refractivity contribution in [3.05, 3.63) is 84.4 Å². The van der Waals surface area contributed by atoms with Crippen LogP contribution in [0.4, 0.5) is 5.69 Å². The minimum Gasteiger partial charge on any atom is -0.481 e. The molecule has 164 valence electrons. The van der Waals surface area contributed by atoms with Crippen molar-refractivity contribution in [3.8, 4) is 16.9 Å². The van der Waals surface area contributed by atoms with Gasteiger partial charge in [-0.25, -0.2) is 0 Å². The number of benzene rings is 3. The van der Waals surface area contributed by atoms with Crippen LogP contribution in [0.2, 0.25) is 0 Å². The fourth-order valence-electron chi connectivity index (χ4n) is 2.86. The van der Waals surface area contributed by atoms with Gasteiger partial charge in [0.15, 0.2) is 6.10 Å². The monoisotopic (exact) mass is 431 g/mol. The summed E-state index contributed by atoms with van der Waals surface area (Å²) in [5, 5.41) is 2.70. The van der Waals surface area contributed by atoms with Crippen molar-refractivity contribution in [2.24, 2.45) is 0 Å². The van der Waals surface area contributed by atoms with Gasteiger partial charge < -0.3 is 10.1 Å². The minimum atomic E-state index is -0.815. The van der Waals surface area contributed by atoms with Crippen molar-refractivity contribution < 1.29 is 19.1 Å². The average molecular weight is 431 g/mol. The summed E-state index contributed by atoms with van der Waals surface area (Å²) in [4.78, 5) is 35.9. The van der Waals surface area contributed by atoms with Crippen LogP contribution < -0.4 is 20.9 Å². The third-order valence-corrected chi connectivity index (χ3v) is 4.69. The molecular formula is C25H25N3O4. The Balaban J connectivity index is 1.49. The molecule has 0 aromatic heterocycles. The Morgan fingerprint density at radius 3 is 2.06 bits per heavy atom. The van der Waals surface area contributed by atoms with Gasteiger partial charge in [0.25, 0.3) is 11.8 Å². The van der Waals surface area contributed by atoms with Crippen molar-refractivity contribution in [3.63, 3.8) is 0 Å². The Kier molecular flexibility index (Phi) is 7.59. The zero-order valence-electron chi connectivity index (χ0n) is 17.9. The molecule has 0 saturated carbocycles. The number of nitrogens with one attached hydrogen (secondary N) is 3. The molecule has 3 aromatic rings. The van der Waals surface area contributed by atoms with Crippen LogP contribution in [0.3, 0.4) is 0 Å². The second-order valence-electron chi connectivity index (χ2n) is 7.07. The minimum absolute atomic E-state index is 0.113. The van der Waals surface area contributed by atoms with E-state index in [-0.39, 0.29) is 5.91 Å². The molecule has 3 aromatic carbocycles. The van der Waals surface area contributed by atoms with E-state index in [1.54, 1.807) is 50.2 Å². The predicted molar refractivity (Wildman–Crippen MR) is 123 cm³/mol. The lowest BCUT2D eigenvalue weighted by Crippen LogP contribution is -2.47. The highest BCUT2D eigenvalue weighted by Gasteiger charge is 2.16. The summed E-state index contributed by atoms with van der Waals surface area (Å²) in [6, 6.07) is 23.7. The first-order valence-electron chi connectivity index (χ1n) is 10.3. The molecule has 1 atom stereocenters. The lowest BCUT2D eigenvalue weighted by molar-refractivity contribution is -0.128. The Hall–Kier alpha value is -4.13. The summed E-state index contributed by atoms with van der Waals surface area (Å²) in [5.41, 5.74) is 7.79. The zero-order chi connectivity index (χ0) is 22.9. The quantitative estimate of drug-likeness (QED) is 0.494. The van der Waals surface area contributed by atoms with E-state index in [0.29, 0.717) is 23.4 Å². The third kappa shape index (κ3) is 6.18. The predicted octanol–water partition coefficient (Wildman–Crippen LogP) is 3.93. The molecule has 0 aliphatic heterocycles. The van der Waals surface area contributed by atoms with Gasteiger partial charge in [-0.15, -0.1) is 0 Å². The lowest BCUT2D eigenvalue weighted by Gasteiger charge is -2.15. The van der Waals surface area contributed by atoms with E-state index in [0.717, 1.165) is 11.1 Å². The van der Waals surface area contributed by atoms with Crippen LogP contribution in [-0.2, 0) is 9.59 Å². The molecule has 3 amide bonds. The lowest BCUT2D eigenvalue weighted by atomic mass is 10.1. The van der Waals surface area contributed by atoms with Crippen molar-refractivity contribution in [1.82, 2.24) is 10.9 Å². The van der Waals surface area contributed by atoms with Gasteiger partial charge in [0.05, 0.1) is 0 Å². The molecule has 7 nitrogen and oxygen atoms in total. The van der Waals surface area contributed by atoms with Gasteiger partial charge in [0, 0.05) is 17.7 Å². The first-order chi connectivity index (χ1) is 15.5. The SMILES string of the molecule is CCC(=O)Nc1ccc(C(=O)NNC(=O)C(C)Oc2ccc(-c3ccccc3)cc2)cc1. The maximum Gasteiger partial charge on any atom is 0.279 e. The number of carbonyl (C=O) groups excluding carboxylic acids is 3. The normalized spacial score (nSPS) is 11.2. The van der Waals surface area contributed by atoms with Gasteiger partial charge in [-0.2, -0.15) is 0 Å². The van der Waals surface area contributed by atoms with E-state index in [1.165, 1.54) is 0 Å². The molecule has 0 heterocycles. The second kappa shape index (κ2) is 10.8.